The topological polar surface area (TPSA) is 21.3 Å². The SMILES string of the molecule is CCNC1CCc2cc(OC(C)C)ccc21. The van der Waals surface area contributed by atoms with Crippen LogP contribution in [0.1, 0.15) is 44.4 Å². The minimum Gasteiger partial charge on any atom is -0.491 e. The molecule has 88 valence electrons. The second-order valence-corrected chi connectivity index (χ2v) is 4.68. The molecule has 1 N–H and O–H groups in total. The molecular formula is C14H21NO. The standard InChI is InChI=1S/C14H21NO/c1-4-15-14-8-5-11-9-12(16-10(2)3)6-7-13(11)14/h6-7,9-10,14-15H,4-5,8H2,1-3H3. The largest absolute Gasteiger partial charge is 0.491 e. The van der Waals surface area contributed by atoms with Crippen LogP contribution in [0.15, 0.2) is 18.2 Å². The van der Waals surface area contributed by atoms with Crippen molar-refractivity contribution in [3.8, 4) is 5.75 Å². The zero-order valence-electron chi connectivity index (χ0n) is 10.4. The molecule has 0 fully saturated rings. The zero-order valence-corrected chi connectivity index (χ0v) is 10.4. The van der Waals surface area contributed by atoms with Gasteiger partial charge in [-0.05, 0) is 56.5 Å². The molecule has 1 unspecified atom stereocenters. The van der Waals surface area contributed by atoms with Gasteiger partial charge in [-0.2, -0.15) is 0 Å². The summed E-state index contributed by atoms with van der Waals surface area (Å²) < 4.78 is 5.71. The number of rotatable bonds is 4. The van der Waals surface area contributed by atoms with Crippen molar-refractivity contribution in [2.45, 2.75) is 45.8 Å². The lowest BCUT2D eigenvalue weighted by Gasteiger charge is -2.14. The molecule has 16 heavy (non-hydrogen) atoms. The first kappa shape index (κ1) is 11.5. The molecule has 0 saturated carbocycles. The highest BCUT2D eigenvalue weighted by Gasteiger charge is 2.21. The summed E-state index contributed by atoms with van der Waals surface area (Å²) in [6, 6.07) is 7.06. The first-order valence-electron chi connectivity index (χ1n) is 6.23. The summed E-state index contributed by atoms with van der Waals surface area (Å²) in [6.45, 7) is 7.33. The first-order valence-corrected chi connectivity index (χ1v) is 6.23. The van der Waals surface area contributed by atoms with Gasteiger partial charge in [-0.3, -0.25) is 0 Å². The maximum atomic E-state index is 5.71. The van der Waals surface area contributed by atoms with E-state index in [2.05, 4.69) is 44.3 Å². The van der Waals surface area contributed by atoms with Crippen molar-refractivity contribution in [3.05, 3.63) is 29.3 Å². The van der Waals surface area contributed by atoms with Crippen molar-refractivity contribution in [1.29, 1.82) is 0 Å². The third-order valence-corrected chi connectivity index (χ3v) is 3.01. The molecule has 1 aliphatic rings. The van der Waals surface area contributed by atoms with Gasteiger partial charge in [-0.1, -0.05) is 13.0 Å². The minimum absolute atomic E-state index is 0.254. The Bertz CT molecular complexity index is 360. The van der Waals surface area contributed by atoms with Crippen LogP contribution in [0.25, 0.3) is 0 Å². The van der Waals surface area contributed by atoms with Crippen LogP contribution < -0.4 is 10.1 Å². The Morgan fingerprint density at radius 1 is 1.44 bits per heavy atom. The van der Waals surface area contributed by atoms with Crippen molar-refractivity contribution in [2.75, 3.05) is 6.54 Å². The lowest BCUT2D eigenvalue weighted by molar-refractivity contribution is 0.242. The highest BCUT2D eigenvalue weighted by Crippen LogP contribution is 2.33. The van der Waals surface area contributed by atoms with Crippen molar-refractivity contribution >= 4 is 0 Å². The molecule has 0 radical (unpaired) electrons. The summed E-state index contributed by atoms with van der Waals surface area (Å²) in [4.78, 5) is 0. The molecular weight excluding hydrogens is 198 g/mol. The van der Waals surface area contributed by atoms with E-state index in [0.717, 1.165) is 12.3 Å². The third-order valence-electron chi connectivity index (χ3n) is 3.01. The molecule has 2 heteroatoms. The molecule has 0 heterocycles. The van der Waals surface area contributed by atoms with Gasteiger partial charge in [0.1, 0.15) is 5.75 Å². The van der Waals surface area contributed by atoms with Crippen LogP contribution >= 0.6 is 0 Å². The number of benzene rings is 1. The van der Waals surface area contributed by atoms with Crippen molar-refractivity contribution in [1.82, 2.24) is 5.32 Å². The third kappa shape index (κ3) is 2.38. The average Bonchev–Trinajstić information content (AvgIpc) is 2.61. The minimum atomic E-state index is 0.254. The maximum absolute atomic E-state index is 5.71. The van der Waals surface area contributed by atoms with E-state index >= 15 is 0 Å². The smallest absolute Gasteiger partial charge is 0.119 e. The van der Waals surface area contributed by atoms with E-state index in [9.17, 15) is 0 Å². The predicted octanol–water partition coefficient (Wildman–Crippen LogP) is 3.07. The highest BCUT2D eigenvalue weighted by atomic mass is 16.5. The van der Waals surface area contributed by atoms with E-state index in [1.807, 2.05) is 0 Å². The molecule has 0 amide bonds. The Balaban J connectivity index is 2.15. The Morgan fingerprint density at radius 3 is 2.94 bits per heavy atom. The lowest BCUT2D eigenvalue weighted by atomic mass is 10.1. The molecule has 2 rings (SSSR count). The molecule has 1 aromatic rings. The van der Waals surface area contributed by atoms with Crippen molar-refractivity contribution in [2.24, 2.45) is 0 Å². The molecule has 1 aliphatic carbocycles. The maximum Gasteiger partial charge on any atom is 0.119 e. The highest BCUT2D eigenvalue weighted by molar-refractivity contribution is 5.40. The molecule has 0 saturated heterocycles. The monoisotopic (exact) mass is 219 g/mol. The van der Waals surface area contributed by atoms with Gasteiger partial charge in [-0.15, -0.1) is 0 Å². The van der Waals surface area contributed by atoms with Crippen LogP contribution in [0.4, 0.5) is 0 Å². The van der Waals surface area contributed by atoms with E-state index in [-0.39, 0.29) is 6.10 Å². The second-order valence-electron chi connectivity index (χ2n) is 4.68. The summed E-state index contributed by atoms with van der Waals surface area (Å²) >= 11 is 0. The molecule has 0 aliphatic heterocycles. The van der Waals surface area contributed by atoms with Gasteiger partial charge < -0.3 is 10.1 Å². The van der Waals surface area contributed by atoms with Crippen LogP contribution in [0.3, 0.4) is 0 Å². The summed E-state index contributed by atoms with van der Waals surface area (Å²) in [6.07, 6.45) is 2.64. The van der Waals surface area contributed by atoms with Crippen LogP contribution in [0.5, 0.6) is 5.75 Å². The molecule has 0 bridgehead atoms. The van der Waals surface area contributed by atoms with Gasteiger partial charge >= 0.3 is 0 Å². The summed E-state index contributed by atoms with van der Waals surface area (Å²) in [5, 5.41) is 3.52. The van der Waals surface area contributed by atoms with Crippen LogP contribution in [0, 0.1) is 0 Å². The molecule has 0 spiro atoms. The van der Waals surface area contributed by atoms with Gasteiger partial charge in [0.25, 0.3) is 0 Å². The summed E-state index contributed by atoms with van der Waals surface area (Å²) in [5.74, 6) is 1.01. The number of hydrogen-bond acceptors (Lipinski definition) is 2. The Labute approximate surface area is 98.0 Å². The molecule has 1 atom stereocenters. The van der Waals surface area contributed by atoms with Crippen LogP contribution in [-0.4, -0.2) is 12.6 Å². The van der Waals surface area contributed by atoms with Gasteiger partial charge in [0.2, 0.25) is 0 Å². The molecule has 2 nitrogen and oxygen atoms in total. The van der Waals surface area contributed by atoms with E-state index in [1.165, 1.54) is 24.0 Å². The van der Waals surface area contributed by atoms with Gasteiger partial charge in [0, 0.05) is 6.04 Å². The Hall–Kier alpha value is -1.02. The van der Waals surface area contributed by atoms with Crippen LogP contribution in [-0.2, 0) is 6.42 Å². The number of nitrogens with one attached hydrogen (secondary N) is 1. The fraction of sp³-hybridized carbons (Fsp3) is 0.571. The number of fused-ring (bicyclic) bond motifs is 1. The van der Waals surface area contributed by atoms with E-state index in [0.29, 0.717) is 6.04 Å². The summed E-state index contributed by atoms with van der Waals surface area (Å²) in [5.41, 5.74) is 2.90. The normalized spacial score (nSPS) is 18.9. The van der Waals surface area contributed by atoms with E-state index in [1.54, 1.807) is 0 Å². The van der Waals surface area contributed by atoms with Crippen molar-refractivity contribution < 1.29 is 4.74 Å². The van der Waals surface area contributed by atoms with Crippen molar-refractivity contribution in [3.63, 3.8) is 0 Å². The number of ether oxygens (including phenoxy) is 1. The van der Waals surface area contributed by atoms with E-state index < -0.39 is 0 Å². The molecule has 1 aromatic carbocycles. The zero-order chi connectivity index (χ0) is 11.5. The fourth-order valence-corrected chi connectivity index (χ4v) is 2.40. The van der Waals surface area contributed by atoms with Gasteiger partial charge in [0.15, 0.2) is 0 Å². The Morgan fingerprint density at radius 2 is 2.25 bits per heavy atom. The first-order chi connectivity index (χ1) is 7.70. The summed E-state index contributed by atoms with van der Waals surface area (Å²) in [7, 11) is 0. The lowest BCUT2D eigenvalue weighted by Crippen LogP contribution is -2.18. The number of aryl methyl sites for hydroxylation is 1. The fourth-order valence-electron chi connectivity index (χ4n) is 2.40. The predicted molar refractivity (Wildman–Crippen MR) is 66.9 cm³/mol. The Kier molecular flexibility index (Phi) is 3.49. The quantitative estimate of drug-likeness (QED) is 0.840. The second kappa shape index (κ2) is 4.88. The average molecular weight is 219 g/mol. The molecule has 0 aromatic heterocycles. The van der Waals surface area contributed by atoms with Gasteiger partial charge in [0.05, 0.1) is 6.10 Å². The number of hydrogen-bond donors (Lipinski definition) is 1. The van der Waals surface area contributed by atoms with E-state index in [4.69, 9.17) is 4.74 Å². The van der Waals surface area contributed by atoms with Gasteiger partial charge in [-0.25, -0.2) is 0 Å². The van der Waals surface area contributed by atoms with Crippen LogP contribution in [0.2, 0.25) is 0 Å².